The molecule has 1 aromatic carbocycles. The van der Waals surface area contributed by atoms with Gasteiger partial charge in [-0.15, -0.1) is 0 Å². The molecule has 0 fully saturated rings. The largest absolute Gasteiger partial charge is 0.496 e. The highest BCUT2D eigenvalue weighted by Crippen LogP contribution is 2.32. The van der Waals surface area contributed by atoms with E-state index in [2.05, 4.69) is 40.4 Å². The molecule has 0 aliphatic rings. The molecule has 1 heterocycles. The number of benzene rings is 1. The highest BCUT2D eigenvalue weighted by molar-refractivity contribution is 5.46. The van der Waals surface area contributed by atoms with Crippen molar-refractivity contribution in [2.24, 2.45) is 0 Å². The van der Waals surface area contributed by atoms with Gasteiger partial charge in [0.15, 0.2) is 0 Å². The van der Waals surface area contributed by atoms with Gasteiger partial charge in [0.2, 0.25) is 0 Å². The smallest absolute Gasteiger partial charge is 0.146 e. The molecule has 2 aromatic rings. The van der Waals surface area contributed by atoms with Crippen molar-refractivity contribution in [3.05, 3.63) is 41.0 Å². The normalized spacial score (nSPS) is 12.4. The van der Waals surface area contributed by atoms with Gasteiger partial charge in [-0.2, -0.15) is 5.10 Å². The Balaban J connectivity index is 2.55. The summed E-state index contributed by atoms with van der Waals surface area (Å²) in [7, 11) is 3.58. The van der Waals surface area contributed by atoms with Crippen molar-refractivity contribution < 1.29 is 4.74 Å². The van der Waals surface area contributed by atoms with Crippen LogP contribution in [0.3, 0.4) is 0 Å². The topological polar surface area (TPSA) is 62.8 Å². The molecular formula is C13H18N4O. The Morgan fingerprint density at radius 2 is 2.11 bits per heavy atom. The molecule has 0 radical (unpaired) electrons. The van der Waals surface area contributed by atoms with Crippen LogP contribution in [-0.2, 0) is 0 Å². The summed E-state index contributed by atoms with van der Waals surface area (Å²) in [6.07, 6.45) is 1.51. The molecule has 0 saturated carbocycles. The molecule has 0 aliphatic carbocycles. The zero-order chi connectivity index (χ0) is 13.1. The van der Waals surface area contributed by atoms with Crippen molar-refractivity contribution in [2.45, 2.75) is 19.9 Å². The van der Waals surface area contributed by atoms with Gasteiger partial charge >= 0.3 is 0 Å². The minimum atomic E-state index is -0.0527. The number of nitrogens with one attached hydrogen (secondary N) is 2. The number of aryl methyl sites for hydroxylation is 2. The van der Waals surface area contributed by atoms with E-state index >= 15 is 0 Å². The molecule has 1 atom stereocenters. The highest BCUT2D eigenvalue weighted by Gasteiger charge is 2.21. The monoisotopic (exact) mass is 246 g/mol. The standard InChI is InChI=1S/C13H18N4O/c1-8-5-9(2)11(10(6-8)18-4)12(14-3)13-15-7-16-17-13/h5-7,12,14H,1-4H3,(H,15,16,17). The third kappa shape index (κ3) is 2.22. The van der Waals surface area contributed by atoms with Gasteiger partial charge in [0.05, 0.1) is 13.2 Å². The van der Waals surface area contributed by atoms with E-state index in [0.29, 0.717) is 0 Å². The molecule has 1 aromatic heterocycles. The first-order valence-electron chi connectivity index (χ1n) is 5.85. The van der Waals surface area contributed by atoms with Gasteiger partial charge in [-0.25, -0.2) is 4.98 Å². The lowest BCUT2D eigenvalue weighted by Crippen LogP contribution is -2.21. The van der Waals surface area contributed by atoms with Crippen molar-refractivity contribution in [3.8, 4) is 5.75 Å². The molecule has 0 amide bonds. The maximum atomic E-state index is 5.49. The predicted molar refractivity (Wildman–Crippen MR) is 69.8 cm³/mol. The Bertz CT molecular complexity index is 522. The molecule has 0 saturated heterocycles. The summed E-state index contributed by atoms with van der Waals surface area (Å²) in [5.74, 6) is 1.64. The van der Waals surface area contributed by atoms with E-state index in [1.54, 1.807) is 7.11 Å². The van der Waals surface area contributed by atoms with Crippen LogP contribution in [0.5, 0.6) is 5.75 Å². The first kappa shape index (κ1) is 12.6. The van der Waals surface area contributed by atoms with Gasteiger partial charge < -0.3 is 10.1 Å². The third-order valence-electron chi connectivity index (χ3n) is 3.00. The van der Waals surface area contributed by atoms with Crippen LogP contribution in [0.1, 0.15) is 28.6 Å². The van der Waals surface area contributed by atoms with Crippen molar-refractivity contribution in [1.29, 1.82) is 0 Å². The summed E-state index contributed by atoms with van der Waals surface area (Å²) >= 11 is 0. The number of hydrogen-bond donors (Lipinski definition) is 2. The molecule has 2 rings (SSSR count). The van der Waals surface area contributed by atoms with E-state index in [1.165, 1.54) is 17.5 Å². The molecule has 5 heteroatoms. The van der Waals surface area contributed by atoms with Gasteiger partial charge in [-0.05, 0) is 38.1 Å². The van der Waals surface area contributed by atoms with Crippen LogP contribution in [-0.4, -0.2) is 29.3 Å². The maximum absolute atomic E-state index is 5.49. The van der Waals surface area contributed by atoms with E-state index in [9.17, 15) is 0 Å². The Morgan fingerprint density at radius 3 is 2.67 bits per heavy atom. The minimum absolute atomic E-state index is 0.0527. The number of ether oxygens (including phenoxy) is 1. The molecule has 2 N–H and O–H groups in total. The molecule has 5 nitrogen and oxygen atoms in total. The van der Waals surface area contributed by atoms with Crippen molar-refractivity contribution in [2.75, 3.05) is 14.2 Å². The zero-order valence-corrected chi connectivity index (χ0v) is 11.1. The minimum Gasteiger partial charge on any atom is -0.496 e. The summed E-state index contributed by atoms with van der Waals surface area (Å²) in [5, 5.41) is 10.0. The molecule has 18 heavy (non-hydrogen) atoms. The number of nitrogens with zero attached hydrogens (tertiary/aromatic N) is 2. The maximum Gasteiger partial charge on any atom is 0.146 e. The van der Waals surface area contributed by atoms with E-state index in [0.717, 1.165) is 17.1 Å². The molecule has 0 aliphatic heterocycles. The summed E-state index contributed by atoms with van der Waals surface area (Å²) in [5.41, 5.74) is 3.44. The number of aromatic amines is 1. The second-order valence-electron chi connectivity index (χ2n) is 4.29. The van der Waals surface area contributed by atoms with Crippen LogP contribution in [0.2, 0.25) is 0 Å². The van der Waals surface area contributed by atoms with E-state index in [1.807, 2.05) is 13.1 Å². The number of methoxy groups -OCH3 is 1. The number of hydrogen-bond acceptors (Lipinski definition) is 4. The quantitative estimate of drug-likeness (QED) is 0.862. The first-order chi connectivity index (χ1) is 8.67. The lowest BCUT2D eigenvalue weighted by atomic mass is 9.97. The number of aromatic nitrogens is 3. The van der Waals surface area contributed by atoms with Crippen molar-refractivity contribution in [3.63, 3.8) is 0 Å². The number of rotatable bonds is 4. The van der Waals surface area contributed by atoms with Gasteiger partial charge in [-0.1, -0.05) is 6.07 Å². The van der Waals surface area contributed by atoms with Gasteiger partial charge in [-0.3, -0.25) is 5.10 Å². The second kappa shape index (κ2) is 5.18. The fourth-order valence-corrected chi connectivity index (χ4v) is 2.25. The molecule has 1 unspecified atom stereocenters. The van der Waals surface area contributed by atoms with E-state index < -0.39 is 0 Å². The van der Waals surface area contributed by atoms with Crippen LogP contribution in [0.4, 0.5) is 0 Å². The molecule has 0 spiro atoms. The third-order valence-corrected chi connectivity index (χ3v) is 3.00. The fourth-order valence-electron chi connectivity index (χ4n) is 2.25. The van der Waals surface area contributed by atoms with Crippen LogP contribution >= 0.6 is 0 Å². The zero-order valence-electron chi connectivity index (χ0n) is 11.1. The summed E-state index contributed by atoms with van der Waals surface area (Å²) < 4.78 is 5.49. The van der Waals surface area contributed by atoms with Crippen LogP contribution in [0.25, 0.3) is 0 Å². The SMILES string of the molecule is CNC(c1ncn[nH]1)c1c(C)cc(C)cc1OC. The Hall–Kier alpha value is -1.88. The lowest BCUT2D eigenvalue weighted by molar-refractivity contribution is 0.403. The van der Waals surface area contributed by atoms with Crippen molar-refractivity contribution in [1.82, 2.24) is 20.5 Å². The van der Waals surface area contributed by atoms with Gasteiger partial charge in [0.25, 0.3) is 0 Å². The lowest BCUT2D eigenvalue weighted by Gasteiger charge is -2.20. The van der Waals surface area contributed by atoms with Crippen molar-refractivity contribution >= 4 is 0 Å². The predicted octanol–water partition coefficient (Wildman–Crippen LogP) is 1.74. The van der Waals surface area contributed by atoms with Crippen LogP contribution < -0.4 is 10.1 Å². The average molecular weight is 246 g/mol. The second-order valence-corrected chi connectivity index (χ2v) is 4.29. The van der Waals surface area contributed by atoms with Crippen LogP contribution in [0.15, 0.2) is 18.5 Å². The molecular weight excluding hydrogens is 228 g/mol. The fraction of sp³-hybridized carbons (Fsp3) is 0.385. The van der Waals surface area contributed by atoms with E-state index in [-0.39, 0.29) is 6.04 Å². The van der Waals surface area contributed by atoms with Gasteiger partial charge in [0, 0.05) is 5.56 Å². The molecule has 0 bridgehead atoms. The Kier molecular flexibility index (Phi) is 3.62. The van der Waals surface area contributed by atoms with E-state index in [4.69, 9.17) is 4.74 Å². The molecule has 96 valence electrons. The first-order valence-corrected chi connectivity index (χ1v) is 5.85. The Labute approximate surface area is 107 Å². The summed E-state index contributed by atoms with van der Waals surface area (Å²) in [6, 6.07) is 4.12. The Morgan fingerprint density at radius 1 is 1.33 bits per heavy atom. The van der Waals surface area contributed by atoms with Crippen LogP contribution in [0, 0.1) is 13.8 Å². The van der Waals surface area contributed by atoms with Gasteiger partial charge in [0.1, 0.15) is 17.9 Å². The number of H-pyrrole nitrogens is 1. The summed E-state index contributed by atoms with van der Waals surface area (Å²) in [6.45, 7) is 4.13. The summed E-state index contributed by atoms with van der Waals surface area (Å²) in [4.78, 5) is 4.22. The average Bonchev–Trinajstić information content (AvgIpc) is 2.85. The highest BCUT2D eigenvalue weighted by atomic mass is 16.5.